The summed E-state index contributed by atoms with van der Waals surface area (Å²) in [5.41, 5.74) is 3.90. The van der Waals surface area contributed by atoms with Gasteiger partial charge in [0.15, 0.2) is 0 Å². The van der Waals surface area contributed by atoms with Crippen molar-refractivity contribution in [2.75, 3.05) is 7.11 Å². The topological polar surface area (TPSA) is 27.7 Å². The molecular formula is C16H25BO3. The number of methoxy groups -OCH3 is 1. The van der Waals surface area contributed by atoms with Crippen molar-refractivity contribution < 1.29 is 14.0 Å². The summed E-state index contributed by atoms with van der Waals surface area (Å²) in [6, 6.07) is 2.11. The van der Waals surface area contributed by atoms with E-state index in [-0.39, 0.29) is 18.3 Å². The van der Waals surface area contributed by atoms with E-state index in [2.05, 4.69) is 54.5 Å². The maximum absolute atomic E-state index is 6.15. The summed E-state index contributed by atoms with van der Waals surface area (Å²) in [4.78, 5) is 0. The van der Waals surface area contributed by atoms with Gasteiger partial charge < -0.3 is 14.0 Å². The monoisotopic (exact) mass is 276 g/mol. The number of rotatable bonds is 2. The molecule has 0 unspecified atom stereocenters. The molecule has 3 nitrogen and oxygen atoms in total. The number of benzene rings is 1. The third-order valence-electron chi connectivity index (χ3n) is 4.78. The van der Waals surface area contributed by atoms with E-state index in [4.69, 9.17) is 14.0 Å². The van der Waals surface area contributed by atoms with Gasteiger partial charge in [-0.3, -0.25) is 0 Å². The number of aryl methyl sites for hydroxylation is 1. The average molecular weight is 276 g/mol. The molecule has 0 aliphatic carbocycles. The predicted octanol–water partition coefficient (Wildman–Crippen LogP) is 2.92. The third kappa shape index (κ3) is 2.25. The van der Waals surface area contributed by atoms with Crippen LogP contribution in [0.4, 0.5) is 0 Å². The van der Waals surface area contributed by atoms with Crippen LogP contribution in [0.1, 0.15) is 44.4 Å². The summed E-state index contributed by atoms with van der Waals surface area (Å²) in [6.45, 7) is 14.5. The molecule has 0 radical (unpaired) electrons. The lowest BCUT2D eigenvalue weighted by Crippen LogP contribution is -2.41. The van der Waals surface area contributed by atoms with E-state index < -0.39 is 0 Å². The first-order valence-electron chi connectivity index (χ1n) is 7.11. The molecule has 20 heavy (non-hydrogen) atoms. The van der Waals surface area contributed by atoms with E-state index in [1.807, 2.05) is 0 Å². The highest BCUT2D eigenvalue weighted by Gasteiger charge is 2.52. The Morgan fingerprint density at radius 2 is 1.45 bits per heavy atom. The molecule has 0 bridgehead atoms. The second kappa shape index (κ2) is 4.78. The Hall–Kier alpha value is -0.995. The van der Waals surface area contributed by atoms with Gasteiger partial charge in [-0.25, -0.2) is 0 Å². The molecule has 1 aromatic rings. The van der Waals surface area contributed by atoms with Gasteiger partial charge >= 0.3 is 7.12 Å². The van der Waals surface area contributed by atoms with Crippen LogP contribution in [-0.4, -0.2) is 25.4 Å². The van der Waals surface area contributed by atoms with Crippen LogP contribution in [-0.2, 0) is 9.31 Å². The van der Waals surface area contributed by atoms with Crippen LogP contribution in [0.3, 0.4) is 0 Å². The van der Waals surface area contributed by atoms with E-state index in [0.29, 0.717) is 0 Å². The minimum atomic E-state index is -0.316. The quantitative estimate of drug-likeness (QED) is 0.777. The molecule has 0 N–H and O–H groups in total. The Morgan fingerprint density at radius 3 is 1.90 bits per heavy atom. The van der Waals surface area contributed by atoms with Crippen LogP contribution < -0.4 is 10.2 Å². The lowest BCUT2D eigenvalue weighted by molar-refractivity contribution is 0.00578. The Kier molecular flexibility index (Phi) is 3.68. The Balaban J connectivity index is 2.46. The van der Waals surface area contributed by atoms with Crippen molar-refractivity contribution in [1.82, 2.24) is 0 Å². The fourth-order valence-corrected chi connectivity index (χ4v) is 2.62. The second-order valence-corrected chi connectivity index (χ2v) is 6.65. The summed E-state index contributed by atoms with van der Waals surface area (Å²) in [5.74, 6) is 0.947. The molecule has 0 amide bonds. The van der Waals surface area contributed by atoms with Gasteiger partial charge in [-0.2, -0.15) is 0 Å². The molecule has 0 atom stereocenters. The average Bonchev–Trinajstić information content (AvgIpc) is 2.54. The standard InChI is InChI=1S/C16H25BO3/c1-10-9-13(11(2)12(3)14(10)18-8)17-19-15(4,5)16(6,7)20-17/h9H,1-8H3. The summed E-state index contributed by atoms with van der Waals surface area (Å²) in [5, 5.41) is 0. The highest BCUT2D eigenvalue weighted by molar-refractivity contribution is 6.62. The van der Waals surface area contributed by atoms with Crippen molar-refractivity contribution in [3.63, 3.8) is 0 Å². The minimum absolute atomic E-state index is 0.314. The maximum atomic E-state index is 6.15. The zero-order chi connectivity index (χ0) is 15.3. The fraction of sp³-hybridized carbons (Fsp3) is 0.625. The third-order valence-corrected chi connectivity index (χ3v) is 4.78. The first-order chi connectivity index (χ1) is 9.10. The lowest BCUT2D eigenvalue weighted by Gasteiger charge is -2.32. The lowest BCUT2D eigenvalue weighted by atomic mass is 9.74. The molecule has 1 aromatic carbocycles. The van der Waals surface area contributed by atoms with Crippen molar-refractivity contribution in [3.05, 3.63) is 22.8 Å². The van der Waals surface area contributed by atoms with Gasteiger partial charge in [0.2, 0.25) is 0 Å². The molecule has 1 saturated heterocycles. The maximum Gasteiger partial charge on any atom is 0.495 e. The molecule has 110 valence electrons. The molecule has 4 heteroatoms. The van der Waals surface area contributed by atoms with Gasteiger partial charge in [-0.1, -0.05) is 6.07 Å². The highest BCUT2D eigenvalue weighted by Crippen LogP contribution is 2.37. The molecular weight excluding hydrogens is 251 g/mol. The predicted molar refractivity (Wildman–Crippen MR) is 82.9 cm³/mol. The molecule has 1 heterocycles. The van der Waals surface area contributed by atoms with Gasteiger partial charge in [-0.15, -0.1) is 0 Å². The summed E-state index contributed by atoms with van der Waals surface area (Å²) < 4.78 is 17.8. The smallest absolute Gasteiger partial charge is 0.495 e. The van der Waals surface area contributed by atoms with Gasteiger partial charge in [0.1, 0.15) is 5.75 Å². The van der Waals surface area contributed by atoms with E-state index in [1.54, 1.807) is 7.11 Å². The summed E-state index contributed by atoms with van der Waals surface area (Å²) in [7, 11) is 1.40. The number of hydrogen-bond donors (Lipinski definition) is 0. The Bertz CT molecular complexity index is 519. The van der Waals surface area contributed by atoms with Crippen LogP contribution in [0.2, 0.25) is 0 Å². The molecule has 0 spiro atoms. The van der Waals surface area contributed by atoms with Crippen molar-refractivity contribution >= 4 is 12.6 Å². The number of ether oxygens (including phenoxy) is 1. The molecule has 0 aromatic heterocycles. The van der Waals surface area contributed by atoms with Crippen LogP contribution in [0.15, 0.2) is 6.07 Å². The minimum Gasteiger partial charge on any atom is -0.496 e. The van der Waals surface area contributed by atoms with Crippen LogP contribution >= 0.6 is 0 Å². The molecule has 1 fully saturated rings. The molecule has 1 aliphatic heterocycles. The highest BCUT2D eigenvalue weighted by atomic mass is 16.7. The SMILES string of the molecule is COc1c(C)cc(B2OC(C)(C)C(C)(C)O2)c(C)c1C. The molecule has 2 rings (SSSR count). The van der Waals surface area contributed by atoms with Crippen molar-refractivity contribution in [1.29, 1.82) is 0 Å². The number of hydrogen-bond acceptors (Lipinski definition) is 3. The second-order valence-electron chi connectivity index (χ2n) is 6.65. The van der Waals surface area contributed by atoms with Crippen LogP contribution in [0.5, 0.6) is 5.75 Å². The van der Waals surface area contributed by atoms with Crippen molar-refractivity contribution in [2.45, 2.75) is 59.7 Å². The fourth-order valence-electron chi connectivity index (χ4n) is 2.62. The van der Waals surface area contributed by atoms with Gasteiger partial charge in [0, 0.05) is 0 Å². The first kappa shape index (κ1) is 15.4. The van der Waals surface area contributed by atoms with Crippen LogP contribution in [0.25, 0.3) is 0 Å². The van der Waals surface area contributed by atoms with Crippen LogP contribution in [0, 0.1) is 20.8 Å². The zero-order valence-electron chi connectivity index (χ0n) is 13.9. The van der Waals surface area contributed by atoms with Gasteiger partial charge in [-0.05, 0) is 70.6 Å². The van der Waals surface area contributed by atoms with Gasteiger partial charge in [0.25, 0.3) is 0 Å². The summed E-state index contributed by atoms with van der Waals surface area (Å²) >= 11 is 0. The first-order valence-corrected chi connectivity index (χ1v) is 7.11. The Morgan fingerprint density at radius 1 is 0.950 bits per heavy atom. The van der Waals surface area contributed by atoms with E-state index in [9.17, 15) is 0 Å². The zero-order valence-corrected chi connectivity index (χ0v) is 13.9. The van der Waals surface area contributed by atoms with E-state index in [1.165, 1.54) is 5.56 Å². The van der Waals surface area contributed by atoms with E-state index in [0.717, 1.165) is 22.3 Å². The van der Waals surface area contributed by atoms with E-state index >= 15 is 0 Å². The normalized spacial score (nSPS) is 20.3. The van der Waals surface area contributed by atoms with Crippen molar-refractivity contribution in [3.8, 4) is 5.75 Å². The largest absolute Gasteiger partial charge is 0.496 e. The van der Waals surface area contributed by atoms with Crippen molar-refractivity contribution in [2.24, 2.45) is 0 Å². The molecule has 1 aliphatic rings. The summed E-state index contributed by atoms with van der Waals surface area (Å²) in [6.07, 6.45) is 0. The van der Waals surface area contributed by atoms with Gasteiger partial charge in [0.05, 0.1) is 18.3 Å². The molecule has 0 saturated carbocycles. The Labute approximate surface area is 122 Å².